The molecule has 0 bridgehead atoms. The van der Waals surface area contributed by atoms with Crippen molar-refractivity contribution in [2.75, 3.05) is 0 Å². The highest BCUT2D eigenvalue weighted by Gasteiger charge is 2.14. The van der Waals surface area contributed by atoms with Crippen LogP contribution in [0.4, 0.5) is 0 Å². The molecule has 4 aromatic rings. The minimum absolute atomic E-state index is 0.115. The summed E-state index contributed by atoms with van der Waals surface area (Å²) in [6.45, 7) is 2.13. The van der Waals surface area contributed by atoms with E-state index >= 15 is 0 Å². The van der Waals surface area contributed by atoms with Gasteiger partial charge in [-0.1, -0.05) is 55.8 Å². The van der Waals surface area contributed by atoms with E-state index in [1.165, 1.54) is 0 Å². The van der Waals surface area contributed by atoms with Gasteiger partial charge in [-0.3, -0.25) is 14.2 Å². The highest BCUT2D eigenvalue weighted by atomic mass is 16.1. The first kappa shape index (κ1) is 18.6. The van der Waals surface area contributed by atoms with Gasteiger partial charge >= 0.3 is 0 Å². The summed E-state index contributed by atoms with van der Waals surface area (Å²) in [5.74, 6) is 0.480. The zero-order valence-corrected chi connectivity index (χ0v) is 16.2. The Morgan fingerprint density at radius 1 is 1.14 bits per heavy atom. The monoisotopic (exact) mass is 383 g/mol. The smallest absolute Gasteiger partial charge is 0.256 e. The van der Waals surface area contributed by atoms with E-state index in [1.54, 1.807) is 6.33 Å². The lowest BCUT2D eigenvalue weighted by atomic mass is 9.97. The number of nitrogens with one attached hydrogen (secondary N) is 1. The number of aromatic amines is 1. The fraction of sp³-hybridized carbons (Fsp3) is 0.217. The summed E-state index contributed by atoms with van der Waals surface area (Å²) in [4.78, 5) is 15.5. The molecule has 0 aliphatic rings. The second kappa shape index (κ2) is 8.11. The number of aryl methyl sites for hydroxylation is 1. The third-order valence-corrected chi connectivity index (χ3v) is 5.15. The van der Waals surface area contributed by atoms with Crippen LogP contribution in [0.2, 0.25) is 0 Å². The van der Waals surface area contributed by atoms with E-state index in [9.17, 15) is 10.1 Å². The van der Waals surface area contributed by atoms with Crippen molar-refractivity contribution in [2.24, 2.45) is 0 Å². The van der Waals surface area contributed by atoms with Gasteiger partial charge in [-0.15, -0.1) is 10.2 Å². The highest BCUT2D eigenvalue weighted by molar-refractivity contribution is 5.70. The largest absolute Gasteiger partial charge is 0.290 e. The van der Waals surface area contributed by atoms with Gasteiger partial charge in [0.1, 0.15) is 6.33 Å². The minimum Gasteiger partial charge on any atom is -0.290 e. The topological polar surface area (TPSA) is 86.8 Å². The van der Waals surface area contributed by atoms with Gasteiger partial charge < -0.3 is 0 Å². The van der Waals surface area contributed by atoms with Gasteiger partial charge in [-0.05, 0) is 35.6 Å². The van der Waals surface area contributed by atoms with Crippen molar-refractivity contribution in [1.82, 2.24) is 19.6 Å². The fourth-order valence-electron chi connectivity index (χ4n) is 3.61. The molecule has 2 aromatic carbocycles. The molecule has 4 rings (SSSR count). The summed E-state index contributed by atoms with van der Waals surface area (Å²) >= 11 is 0. The van der Waals surface area contributed by atoms with Crippen LogP contribution in [0.15, 0.2) is 59.7 Å². The molecular formula is C23H21N5O. The number of unbranched alkanes of at least 4 members (excludes halogenated alkanes) is 1. The average molecular weight is 383 g/mol. The molecule has 0 amide bonds. The van der Waals surface area contributed by atoms with E-state index in [-0.39, 0.29) is 5.56 Å². The SMILES string of the molecule is CCCCc1c(Cc2ccc(-c3ccccc3C#N)cc2)c(=O)[nH]c2nncn12. The summed E-state index contributed by atoms with van der Waals surface area (Å²) in [5.41, 5.74) is 5.19. The summed E-state index contributed by atoms with van der Waals surface area (Å²) in [7, 11) is 0. The quantitative estimate of drug-likeness (QED) is 0.547. The van der Waals surface area contributed by atoms with Crippen LogP contribution in [0.25, 0.3) is 16.9 Å². The number of nitriles is 1. The van der Waals surface area contributed by atoms with Crippen molar-refractivity contribution in [3.63, 3.8) is 0 Å². The third-order valence-electron chi connectivity index (χ3n) is 5.15. The zero-order valence-electron chi connectivity index (χ0n) is 16.2. The van der Waals surface area contributed by atoms with Gasteiger partial charge in [0.15, 0.2) is 0 Å². The molecule has 0 aliphatic heterocycles. The number of fused-ring (bicyclic) bond motifs is 1. The van der Waals surface area contributed by atoms with Gasteiger partial charge in [-0.25, -0.2) is 0 Å². The Labute approximate surface area is 168 Å². The first-order valence-corrected chi connectivity index (χ1v) is 9.73. The second-order valence-electron chi connectivity index (χ2n) is 7.04. The van der Waals surface area contributed by atoms with Gasteiger partial charge in [0.2, 0.25) is 5.78 Å². The molecule has 0 unspecified atom stereocenters. The maximum atomic E-state index is 12.7. The van der Waals surface area contributed by atoms with Crippen molar-refractivity contribution in [2.45, 2.75) is 32.6 Å². The molecule has 1 N–H and O–H groups in total. The number of H-pyrrole nitrogens is 1. The lowest BCUT2D eigenvalue weighted by Gasteiger charge is -2.11. The van der Waals surface area contributed by atoms with Crippen molar-refractivity contribution >= 4 is 5.78 Å². The molecule has 0 spiro atoms. The van der Waals surface area contributed by atoms with Gasteiger partial charge in [-0.2, -0.15) is 5.26 Å². The maximum absolute atomic E-state index is 12.7. The van der Waals surface area contributed by atoms with Crippen molar-refractivity contribution < 1.29 is 0 Å². The van der Waals surface area contributed by atoms with Gasteiger partial charge in [0.05, 0.1) is 11.6 Å². The molecule has 6 heteroatoms. The van der Waals surface area contributed by atoms with Crippen LogP contribution in [0.5, 0.6) is 0 Å². The van der Waals surface area contributed by atoms with Crippen LogP contribution in [0.3, 0.4) is 0 Å². The molecule has 144 valence electrons. The van der Waals surface area contributed by atoms with Crippen LogP contribution in [0, 0.1) is 11.3 Å². The maximum Gasteiger partial charge on any atom is 0.256 e. The van der Waals surface area contributed by atoms with E-state index in [2.05, 4.69) is 28.2 Å². The molecule has 0 saturated heterocycles. The Morgan fingerprint density at radius 3 is 2.69 bits per heavy atom. The van der Waals surface area contributed by atoms with Crippen LogP contribution in [-0.2, 0) is 12.8 Å². The summed E-state index contributed by atoms with van der Waals surface area (Å²) in [6, 6.07) is 17.8. The molecule has 0 fully saturated rings. The van der Waals surface area contributed by atoms with Crippen LogP contribution in [-0.4, -0.2) is 19.6 Å². The second-order valence-corrected chi connectivity index (χ2v) is 7.04. The van der Waals surface area contributed by atoms with E-state index in [4.69, 9.17) is 0 Å². The fourth-order valence-corrected chi connectivity index (χ4v) is 3.61. The number of aromatic nitrogens is 4. The molecule has 2 heterocycles. The first-order valence-electron chi connectivity index (χ1n) is 9.73. The zero-order chi connectivity index (χ0) is 20.2. The molecule has 0 radical (unpaired) electrons. The molecule has 6 nitrogen and oxygen atoms in total. The molecular weight excluding hydrogens is 362 g/mol. The Bertz CT molecular complexity index is 1240. The number of nitrogens with zero attached hydrogens (tertiary/aromatic N) is 4. The molecule has 0 saturated carbocycles. The predicted octanol–water partition coefficient (Wildman–Crippen LogP) is 3.89. The van der Waals surface area contributed by atoms with E-state index < -0.39 is 0 Å². The normalized spacial score (nSPS) is 10.9. The third kappa shape index (κ3) is 3.67. The van der Waals surface area contributed by atoms with Crippen molar-refractivity contribution in [3.05, 3.63) is 87.6 Å². The predicted molar refractivity (Wildman–Crippen MR) is 112 cm³/mol. The van der Waals surface area contributed by atoms with Crippen LogP contribution < -0.4 is 5.56 Å². The standard InChI is InChI=1S/C23H21N5O/c1-2-3-8-21-20(22(29)26-23-27-25-15-28(21)23)13-16-9-11-17(12-10-16)19-7-5-4-6-18(19)14-24/h4-7,9-12,15H,2-3,8,13H2,1H3,(H,26,27,29). The number of hydrogen-bond acceptors (Lipinski definition) is 4. The van der Waals surface area contributed by atoms with E-state index in [1.807, 2.05) is 52.9 Å². The molecule has 2 aromatic heterocycles. The Balaban J connectivity index is 1.69. The lowest BCUT2D eigenvalue weighted by molar-refractivity contribution is 0.748. The first-order chi connectivity index (χ1) is 14.2. The average Bonchev–Trinajstić information content (AvgIpc) is 3.22. The molecule has 0 atom stereocenters. The summed E-state index contributed by atoms with van der Waals surface area (Å²) < 4.78 is 1.88. The number of hydrogen-bond donors (Lipinski definition) is 1. The number of rotatable bonds is 6. The van der Waals surface area contributed by atoms with E-state index in [0.29, 0.717) is 17.8 Å². The molecule has 29 heavy (non-hydrogen) atoms. The van der Waals surface area contributed by atoms with Gasteiger partial charge in [0.25, 0.3) is 5.56 Å². The minimum atomic E-state index is -0.115. The highest BCUT2D eigenvalue weighted by Crippen LogP contribution is 2.24. The van der Waals surface area contributed by atoms with Crippen LogP contribution >= 0.6 is 0 Å². The molecule has 0 aliphatic carbocycles. The van der Waals surface area contributed by atoms with Crippen molar-refractivity contribution in [3.8, 4) is 17.2 Å². The Morgan fingerprint density at radius 2 is 1.93 bits per heavy atom. The Kier molecular flexibility index (Phi) is 5.21. The van der Waals surface area contributed by atoms with E-state index in [0.717, 1.165) is 47.2 Å². The van der Waals surface area contributed by atoms with Crippen LogP contribution in [0.1, 0.15) is 42.1 Å². The summed E-state index contributed by atoms with van der Waals surface area (Å²) in [5, 5.41) is 17.3. The summed E-state index contributed by atoms with van der Waals surface area (Å²) in [6.07, 6.45) is 5.03. The van der Waals surface area contributed by atoms with Gasteiger partial charge in [0, 0.05) is 17.7 Å². The Hall–Kier alpha value is -3.72. The number of benzene rings is 2. The lowest BCUT2D eigenvalue weighted by Crippen LogP contribution is -2.20. The van der Waals surface area contributed by atoms with Crippen molar-refractivity contribution in [1.29, 1.82) is 5.26 Å².